The second-order valence-corrected chi connectivity index (χ2v) is 3.77. The van der Waals surface area contributed by atoms with Gasteiger partial charge in [-0.2, -0.15) is 0 Å². The summed E-state index contributed by atoms with van der Waals surface area (Å²) in [5.41, 5.74) is 13.6. The van der Waals surface area contributed by atoms with Gasteiger partial charge in [0.05, 0.1) is 0 Å². The number of hydrogen-bond acceptors (Lipinski definition) is 3. The molecule has 6 N–H and O–H groups in total. The summed E-state index contributed by atoms with van der Waals surface area (Å²) in [6.45, 7) is 8.00. The van der Waals surface area contributed by atoms with E-state index >= 15 is 0 Å². The number of nitrogens with two attached hydrogens (primary N) is 2. The number of benzene rings is 1. The zero-order chi connectivity index (χ0) is 15.7. The van der Waals surface area contributed by atoms with Crippen LogP contribution in [0.15, 0.2) is 24.4 Å². The van der Waals surface area contributed by atoms with Crippen LogP contribution in [0.1, 0.15) is 33.3 Å². The summed E-state index contributed by atoms with van der Waals surface area (Å²) in [7, 11) is 0. The van der Waals surface area contributed by atoms with Crippen molar-refractivity contribution in [2.45, 2.75) is 40.2 Å². The molecular weight excluding hydrogens is 254 g/mol. The Morgan fingerprint density at radius 2 is 1.90 bits per heavy atom. The standard InChI is InChI=1S/C11H13N3O2.2C2H6/c12-7-1-2-10-8(4-7)6(5-14-10)3-9(13)11(15)16;2*1-2/h1-2,4-5,9,14H,3,12-13H2,(H,15,16);2*1-2H3. The van der Waals surface area contributed by atoms with Crippen molar-refractivity contribution in [3.8, 4) is 0 Å². The van der Waals surface area contributed by atoms with Gasteiger partial charge in [0.25, 0.3) is 0 Å². The van der Waals surface area contributed by atoms with Crippen molar-refractivity contribution in [3.63, 3.8) is 0 Å². The summed E-state index contributed by atoms with van der Waals surface area (Å²) in [4.78, 5) is 13.7. The molecule has 1 heterocycles. The zero-order valence-corrected chi connectivity index (χ0v) is 12.6. The van der Waals surface area contributed by atoms with Gasteiger partial charge in [0.1, 0.15) is 6.04 Å². The average Bonchev–Trinajstić information content (AvgIpc) is 2.85. The molecule has 5 heteroatoms. The molecule has 1 aromatic heterocycles. The van der Waals surface area contributed by atoms with E-state index in [4.69, 9.17) is 16.6 Å². The molecule has 1 aromatic carbocycles. The highest BCUT2D eigenvalue weighted by Crippen LogP contribution is 2.21. The molecule has 1 unspecified atom stereocenters. The van der Waals surface area contributed by atoms with E-state index < -0.39 is 12.0 Å². The maximum Gasteiger partial charge on any atom is 0.320 e. The highest BCUT2D eigenvalue weighted by molar-refractivity contribution is 5.86. The van der Waals surface area contributed by atoms with Gasteiger partial charge in [-0.25, -0.2) is 0 Å². The number of carbonyl (C=O) groups is 1. The number of hydrogen-bond donors (Lipinski definition) is 4. The Bertz CT molecular complexity index is 535. The maximum atomic E-state index is 10.7. The molecule has 112 valence electrons. The van der Waals surface area contributed by atoms with Gasteiger partial charge in [-0.05, 0) is 23.8 Å². The third kappa shape index (κ3) is 4.59. The van der Waals surface area contributed by atoms with Gasteiger partial charge < -0.3 is 21.6 Å². The molecule has 0 saturated carbocycles. The number of carboxylic acid groups (broad SMARTS) is 1. The number of H-pyrrole nitrogens is 1. The van der Waals surface area contributed by atoms with Crippen molar-refractivity contribution in [1.29, 1.82) is 0 Å². The van der Waals surface area contributed by atoms with Crippen LogP contribution in [0.5, 0.6) is 0 Å². The largest absolute Gasteiger partial charge is 0.480 e. The average molecular weight is 279 g/mol. The molecule has 0 bridgehead atoms. The van der Waals surface area contributed by atoms with Crippen LogP contribution in [0.3, 0.4) is 0 Å². The van der Waals surface area contributed by atoms with Gasteiger partial charge in [-0.15, -0.1) is 0 Å². The molecule has 1 atom stereocenters. The van der Waals surface area contributed by atoms with Crippen molar-refractivity contribution >= 4 is 22.6 Å². The van der Waals surface area contributed by atoms with Crippen LogP contribution in [0.4, 0.5) is 5.69 Å². The van der Waals surface area contributed by atoms with Crippen LogP contribution in [-0.4, -0.2) is 22.1 Å². The lowest BCUT2D eigenvalue weighted by atomic mass is 10.1. The lowest BCUT2D eigenvalue weighted by molar-refractivity contribution is -0.138. The summed E-state index contributed by atoms with van der Waals surface area (Å²) in [6, 6.07) is 4.58. The second kappa shape index (κ2) is 8.98. The minimum atomic E-state index is -1.00. The van der Waals surface area contributed by atoms with Gasteiger partial charge in [-0.1, -0.05) is 27.7 Å². The molecule has 0 aliphatic heterocycles. The molecule has 0 saturated heterocycles. The zero-order valence-electron chi connectivity index (χ0n) is 12.6. The van der Waals surface area contributed by atoms with E-state index in [1.54, 1.807) is 12.3 Å². The fraction of sp³-hybridized carbons (Fsp3) is 0.400. The van der Waals surface area contributed by atoms with E-state index in [2.05, 4.69) is 4.98 Å². The van der Waals surface area contributed by atoms with Crippen molar-refractivity contribution in [3.05, 3.63) is 30.0 Å². The smallest absolute Gasteiger partial charge is 0.320 e. The summed E-state index contributed by atoms with van der Waals surface area (Å²) in [6.07, 6.45) is 2.06. The van der Waals surface area contributed by atoms with Crippen LogP contribution < -0.4 is 11.5 Å². The molecule has 5 nitrogen and oxygen atoms in total. The first-order chi connectivity index (χ1) is 9.58. The van der Waals surface area contributed by atoms with Gasteiger partial charge in [-0.3, -0.25) is 4.79 Å². The molecule has 0 radical (unpaired) electrons. The lowest BCUT2D eigenvalue weighted by Gasteiger charge is -2.04. The van der Waals surface area contributed by atoms with Crippen LogP contribution in [0, 0.1) is 0 Å². The molecule has 20 heavy (non-hydrogen) atoms. The van der Waals surface area contributed by atoms with Crippen LogP contribution in [0.2, 0.25) is 0 Å². The van der Waals surface area contributed by atoms with Crippen molar-refractivity contribution in [1.82, 2.24) is 4.98 Å². The molecule has 0 aliphatic carbocycles. The Balaban J connectivity index is 0.000000829. The van der Waals surface area contributed by atoms with Crippen LogP contribution in [-0.2, 0) is 11.2 Å². The Hall–Kier alpha value is -2.01. The number of aromatic amines is 1. The Morgan fingerprint density at radius 3 is 2.45 bits per heavy atom. The fourth-order valence-corrected chi connectivity index (χ4v) is 1.69. The monoisotopic (exact) mass is 279 g/mol. The molecular formula is C15H25N3O2. The molecule has 2 rings (SSSR count). The number of fused-ring (bicyclic) bond motifs is 1. The Labute approximate surface area is 120 Å². The molecule has 0 amide bonds. The maximum absolute atomic E-state index is 10.7. The summed E-state index contributed by atoms with van der Waals surface area (Å²) in [5, 5.41) is 9.68. The van der Waals surface area contributed by atoms with Crippen molar-refractivity contribution in [2.24, 2.45) is 5.73 Å². The fourth-order valence-electron chi connectivity index (χ4n) is 1.69. The minimum Gasteiger partial charge on any atom is -0.480 e. The first-order valence-corrected chi connectivity index (χ1v) is 6.92. The van der Waals surface area contributed by atoms with E-state index in [1.165, 1.54) is 0 Å². The normalized spacial score (nSPS) is 10.8. The van der Waals surface area contributed by atoms with E-state index in [1.807, 2.05) is 39.8 Å². The highest BCUT2D eigenvalue weighted by atomic mass is 16.4. The number of aliphatic carboxylic acids is 1. The van der Waals surface area contributed by atoms with E-state index in [9.17, 15) is 4.79 Å². The Morgan fingerprint density at radius 1 is 1.30 bits per heavy atom. The Kier molecular flexibility index (Phi) is 8.08. The number of anilines is 1. The molecule has 2 aromatic rings. The number of nitrogens with one attached hydrogen (secondary N) is 1. The van der Waals surface area contributed by atoms with E-state index in [-0.39, 0.29) is 0 Å². The topological polar surface area (TPSA) is 105 Å². The minimum absolute atomic E-state index is 0.290. The second-order valence-electron chi connectivity index (χ2n) is 3.77. The van der Waals surface area contributed by atoms with E-state index in [0.29, 0.717) is 12.1 Å². The third-order valence-electron chi connectivity index (χ3n) is 2.55. The number of carboxylic acids is 1. The summed E-state index contributed by atoms with van der Waals surface area (Å²) >= 11 is 0. The SMILES string of the molecule is CC.CC.Nc1ccc2[nH]cc(CC(N)C(=O)O)c2c1. The van der Waals surface area contributed by atoms with E-state index in [0.717, 1.165) is 16.5 Å². The van der Waals surface area contributed by atoms with Gasteiger partial charge in [0, 0.05) is 29.2 Å². The van der Waals surface area contributed by atoms with Gasteiger partial charge >= 0.3 is 5.97 Å². The highest BCUT2D eigenvalue weighted by Gasteiger charge is 2.14. The quantitative estimate of drug-likeness (QED) is 0.648. The van der Waals surface area contributed by atoms with Gasteiger partial charge in [0.15, 0.2) is 0 Å². The number of rotatable bonds is 3. The summed E-state index contributed by atoms with van der Waals surface area (Å²) in [5.74, 6) is -1.00. The lowest BCUT2D eigenvalue weighted by Crippen LogP contribution is -2.32. The predicted molar refractivity (Wildman–Crippen MR) is 84.7 cm³/mol. The third-order valence-corrected chi connectivity index (χ3v) is 2.55. The molecule has 0 aliphatic rings. The van der Waals surface area contributed by atoms with Crippen LogP contribution >= 0.6 is 0 Å². The van der Waals surface area contributed by atoms with Crippen molar-refractivity contribution in [2.75, 3.05) is 5.73 Å². The van der Waals surface area contributed by atoms with Gasteiger partial charge in [0.2, 0.25) is 0 Å². The summed E-state index contributed by atoms with van der Waals surface area (Å²) < 4.78 is 0. The molecule has 0 fully saturated rings. The van der Waals surface area contributed by atoms with Crippen LogP contribution in [0.25, 0.3) is 10.9 Å². The number of nitrogen functional groups attached to an aromatic ring is 1. The first kappa shape index (κ1) is 18.0. The first-order valence-electron chi connectivity index (χ1n) is 6.92. The molecule has 0 spiro atoms. The predicted octanol–water partition coefficient (Wildman–Crippen LogP) is 2.76. The van der Waals surface area contributed by atoms with Crippen molar-refractivity contribution < 1.29 is 9.90 Å². The number of aromatic nitrogens is 1.